The van der Waals surface area contributed by atoms with Crippen molar-refractivity contribution < 1.29 is 14.0 Å². The molecule has 2 amide bonds. The highest BCUT2D eigenvalue weighted by molar-refractivity contribution is 6.03. The lowest BCUT2D eigenvalue weighted by atomic mass is 10.2. The maximum atomic E-state index is 13.2. The van der Waals surface area contributed by atoms with Gasteiger partial charge in [-0.2, -0.15) is 0 Å². The van der Waals surface area contributed by atoms with E-state index in [0.717, 1.165) is 37.6 Å². The molecule has 1 saturated carbocycles. The third kappa shape index (κ3) is 4.74. The lowest BCUT2D eigenvalue weighted by molar-refractivity contribution is -0.122. The van der Waals surface area contributed by atoms with Crippen molar-refractivity contribution in [1.82, 2.24) is 4.90 Å². The molecule has 2 aromatic carbocycles. The first-order valence-corrected chi connectivity index (χ1v) is 9.90. The Bertz CT molecular complexity index is 894. The Labute approximate surface area is 169 Å². The Morgan fingerprint density at radius 3 is 2.14 bits per heavy atom. The van der Waals surface area contributed by atoms with Gasteiger partial charge in [0.05, 0.1) is 11.8 Å². The molecule has 2 fully saturated rings. The SMILES string of the molecule is CN1CCN(c2ccc(NC(=O)C3CC3C(=O)Nc3cccc(F)c3)cc2)CC1. The maximum Gasteiger partial charge on any atom is 0.228 e. The monoisotopic (exact) mass is 396 g/mol. The molecule has 0 radical (unpaired) electrons. The summed E-state index contributed by atoms with van der Waals surface area (Å²) in [5.74, 6) is -1.53. The molecule has 1 saturated heterocycles. The normalized spacial score (nSPS) is 21.5. The van der Waals surface area contributed by atoms with Gasteiger partial charge in [0.2, 0.25) is 11.8 Å². The van der Waals surface area contributed by atoms with Crippen LogP contribution in [0, 0.1) is 17.7 Å². The molecule has 2 atom stereocenters. The van der Waals surface area contributed by atoms with Gasteiger partial charge < -0.3 is 20.4 Å². The molecule has 152 valence electrons. The molecular formula is C22H25FN4O2. The minimum atomic E-state index is -0.409. The third-order valence-corrected chi connectivity index (χ3v) is 5.56. The van der Waals surface area contributed by atoms with Crippen LogP contribution in [0.15, 0.2) is 48.5 Å². The van der Waals surface area contributed by atoms with E-state index >= 15 is 0 Å². The number of carbonyl (C=O) groups excluding carboxylic acids is 2. The van der Waals surface area contributed by atoms with Gasteiger partial charge >= 0.3 is 0 Å². The van der Waals surface area contributed by atoms with Gasteiger partial charge in [0.1, 0.15) is 5.82 Å². The number of piperazine rings is 1. The molecule has 7 heteroatoms. The molecule has 2 unspecified atom stereocenters. The van der Waals surface area contributed by atoms with Gasteiger partial charge in [0, 0.05) is 43.2 Å². The van der Waals surface area contributed by atoms with Crippen LogP contribution in [0.5, 0.6) is 0 Å². The topological polar surface area (TPSA) is 64.7 Å². The van der Waals surface area contributed by atoms with E-state index in [4.69, 9.17) is 0 Å². The van der Waals surface area contributed by atoms with E-state index in [9.17, 15) is 14.0 Å². The van der Waals surface area contributed by atoms with E-state index in [-0.39, 0.29) is 23.7 Å². The van der Waals surface area contributed by atoms with Crippen molar-refractivity contribution in [3.05, 3.63) is 54.3 Å². The number of rotatable bonds is 5. The van der Waals surface area contributed by atoms with E-state index in [1.807, 2.05) is 24.3 Å². The number of nitrogens with zero attached hydrogens (tertiary/aromatic N) is 2. The van der Waals surface area contributed by atoms with Crippen LogP contribution in [0.2, 0.25) is 0 Å². The maximum absolute atomic E-state index is 13.2. The van der Waals surface area contributed by atoms with Gasteiger partial charge in [-0.05, 0) is 55.9 Å². The number of hydrogen-bond donors (Lipinski definition) is 2. The lowest BCUT2D eigenvalue weighted by Gasteiger charge is -2.34. The molecule has 4 rings (SSSR count). The van der Waals surface area contributed by atoms with Crippen LogP contribution in [0.1, 0.15) is 6.42 Å². The number of carbonyl (C=O) groups is 2. The summed E-state index contributed by atoms with van der Waals surface area (Å²) in [6.07, 6.45) is 0.506. The first-order valence-electron chi connectivity index (χ1n) is 9.90. The molecule has 0 spiro atoms. The largest absolute Gasteiger partial charge is 0.369 e. The molecule has 6 nitrogen and oxygen atoms in total. The number of amides is 2. The summed E-state index contributed by atoms with van der Waals surface area (Å²) >= 11 is 0. The Kier molecular flexibility index (Phi) is 5.49. The van der Waals surface area contributed by atoms with Crippen LogP contribution in [-0.2, 0) is 9.59 Å². The minimum Gasteiger partial charge on any atom is -0.369 e. The highest BCUT2D eigenvalue weighted by Crippen LogP contribution is 2.40. The number of halogens is 1. The zero-order valence-corrected chi connectivity index (χ0v) is 16.4. The second-order valence-corrected chi connectivity index (χ2v) is 7.77. The van der Waals surface area contributed by atoms with Gasteiger partial charge in [0.15, 0.2) is 0 Å². The molecule has 1 heterocycles. The molecule has 1 aliphatic carbocycles. The van der Waals surface area contributed by atoms with Gasteiger partial charge in [0.25, 0.3) is 0 Å². The standard InChI is InChI=1S/C22H25FN4O2/c1-26-9-11-27(12-10-26)18-7-5-16(6-8-18)24-21(28)19-14-20(19)22(29)25-17-4-2-3-15(23)13-17/h2-8,13,19-20H,9-12,14H2,1H3,(H,24,28)(H,25,29). The Morgan fingerprint density at radius 2 is 1.52 bits per heavy atom. The van der Waals surface area contributed by atoms with Crippen molar-refractivity contribution in [2.24, 2.45) is 11.8 Å². The Hall–Kier alpha value is -2.93. The van der Waals surface area contributed by atoms with Crippen molar-refractivity contribution in [1.29, 1.82) is 0 Å². The molecular weight excluding hydrogens is 371 g/mol. The van der Waals surface area contributed by atoms with Crippen LogP contribution < -0.4 is 15.5 Å². The zero-order valence-electron chi connectivity index (χ0n) is 16.4. The van der Waals surface area contributed by atoms with Crippen molar-refractivity contribution in [3.63, 3.8) is 0 Å². The number of benzene rings is 2. The van der Waals surface area contributed by atoms with E-state index < -0.39 is 5.82 Å². The summed E-state index contributed by atoms with van der Waals surface area (Å²) in [4.78, 5) is 29.4. The highest BCUT2D eigenvalue weighted by Gasteiger charge is 2.48. The second kappa shape index (κ2) is 8.21. The Balaban J connectivity index is 1.28. The molecule has 2 N–H and O–H groups in total. The fourth-order valence-corrected chi connectivity index (χ4v) is 3.63. The number of likely N-dealkylation sites (N-methyl/N-ethyl adjacent to an activating group) is 1. The number of anilines is 3. The third-order valence-electron chi connectivity index (χ3n) is 5.56. The second-order valence-electron chi connectivity index (χ2n) is 7.77. The number of nitrogens with one attached hydrogen (secondary N) is 2. The predicted octanol–water partition coefficient (Wildman–Crippen LogP) is 2.79. The van der Waals surface area contributed by atoms with E-state index in [2.05, 4.69) is 27.5 Å². The fraction of sp³-hybridized carbons (Fsp3) is 0.364. The summed E-state index contributed by atoms with van der Waals surface area (Å²) in [5.41, 5.74) is 2.28. The average Bonchev–Trinajstić information content (AvgIpc) is 3.51. The van der Waals surface area contributed by atoms with Crippen molar-refractivity contribution in [2.45, 2.75) is 6.42 Å². The van der Waals surface area contributed by atoms with Crippen LogP contribution in [-0.4, -0.2) is 49.9 Å². The average molecular weight is 396 g/mol. The van der Waals surface area contributed by atoms with Crippen molar-refractivity contribution >= 4 is 28.9 Å². The molecule has 2 aromatic rings. The Morgan fingerprint density at radius 1 is 0.897 bits per heavy atom. The summed E-state index contributed by atoms with van der Waals surface area (Å²) in [5, 5.41) is 5.57. The van der Waals surface area contributed by atoms with Crippen LogP contribution >= 0.6 is 0 Å². The minimum absolute atomic E-state index is 0.156. The van der Waals surface area contributed by atoms with Crippen molar-refractivity contribution in [3.8, 4) is 0 Å². The smallest absolute Gasteiger partial charge is 0.228 e. The first-order chi connectivity index (χ1) is 14.0. The van der Waals surface area contributed by atoms with Gasteiger partial charge in [-0.25, -0.2) is 4.39 Å². The van der Waals surface area contributed by atoms with Crippen LogP contribution in [0.25, 0.3) is 0 Å². The summed E-state index contributed by atoms with van der Waals surface area (Å²) in [7, 11) is 2.12. The van der Waals surface area contributed by atoms with Crippen LogP contribution in [0.3, 0.4) is 0 Å². The molecule has 2 aliphatic rings. The van der Waals surface area contributed by atoms with Gasteiger partial charge in [-0.15, -0.1) is 0 Å². The highest BCUT2D eigenvalue weighted by atomic mass is 19.1. The van der Waals surface area contributed by atoms with E-state index in [0.29, 0.717) is 12.1 Å². The van der Waals surface area contributed by atoms with Gasteiger partial charge in [-0.1, -0.05) is 6.07 Å². The quantitative estimate of drug-likeness (QED) is 0.816. The van der Waals surface area contributed by atoms with E-state index in [1.54, 1.807) is 6.07 Å². The van der Waals surface area contributed by atoms with E-state index in [1.165, 1.54) is 18.2 Å². The zero-order chi connectivity index (χ0) is 20.4. The predicted molar refractivity (Wildman–Crippen MR) is 111 cm³/mol. The van der Waals surface area contributed by atoms with Crippen molar-refractivity contribution in [2.75, 3.05) is 48.8 Å². The molecule has 29 heavy (non-hydrogen) atoms. The number of hydrogen-bond acceptors (Lipinski definition) is 4. The molecule has 0 aromatic heterocycles. The summed E-state index contributed by atoms with van der Waals surface area (Å²) < 4.78 is 13.2. The fourth-order valence-electron chi connectivity index (χ4n) is 3.63. The first kappa shape index (κ1) is 19.4. The molecule has 1 aliphatic heterocycles. The van der Waals surface area contributed by atoms with Crippen LogP contribution in [0.4, 0.5) is 21.5 Å². The lowest BCUT2D eigenvalue weighted by Crippen LogP contribution is -2.44. The molecule has 0 bridgehead atoms. The van der Waals surface area contributed by atoms with Gasteiger partial charge in [-0.3, -0.25) is 9.59 Å². The summed E-state index contributed by atoms with van der Waals surface area (Å²) in [6.45, 7) is 4.07. The summed E-state index contributed by atoms with van der Waals surface area (Å²) in [6, 6.07) is 13.6.